The Balaban J connectivity index is 2.72. The molecule has 0 aromatic rings. The van der Waals surface area contributed by atoms with Gasteiger partial charge in [-0.05, 0) is 19.3 Å². The molecule has 0 aromatic heterocycles. The van der Waals surface area contributed by atoms with Gasteiger partial charge in [-0.15, -0.1) is 0 Å². The van der Waals surface area contributed by atoms with Crippen LogP contribution in [0, 0.1) is 5.92 Å². The van der Waals surface area contributed by atoms with Crippen LogP contribution in [0.5, 0.6) is 0 Å². The Morgan fingerprint density at radius 3 is 2.41 bits per heavy atom. The predicted octanol–water partition coefficient (Wildman–Crippen LogP) is 4.05. The quantitative estimate of drug-likeness (QED) is 0.324. The third-order valence-electron chi connectivity index (χ3n) is 4.08. The van der Waals surface area contributed by atoms with E-state index >= 15 is 0 Å². The van der Waals surface area contributed by atoms with Crippen molar-refractivity contribution in [1.29, 1.82) is 0 Å². The van der Waals surface area contributed by atoms with Gasteiger partial charge in [0, 0.05) is 5.92 Å². The van der Waals surface area contributed by atoms with E-state index in [0.717, 1.165) is 32.1 Å². The molecule has 128 valence electrons. The molecule has 1 heterocycles. The molecule has 0 amide bonds. The van der Waals surface area contributed by atoms with Gasteiger partial charge in [0.2, 0.25) is 0 Å². The van der Waals surface area contributed by atoms with Crippen LogP contribution in [0.1, 0.15) is 59.8 Å². The highest BCUT2D eigenvalue weighted by Gasteiger charge is 2.45. The zero-order valence-electron chi connectivity index (χ0n) is 14.3. The lowest BCUT2D eigenvalue weighted by Crippen LogP contribution is -2.30. The first-order chi connectivity index (χ1) is 10.5. The van der Waals surface area contributed by atoms with Crippen LogP contribution in [0.15, 0.2) is 0 Å². The van der Waals surface area contributed by atoms with E-state index in [1.165, 1.54) is 0 Å². The molecule has 0 N–H and O–H groups in total. The zero-order valence-corrected chi connectivity index (χ0v) is 15.2. The van der Waals surface area contributed by atoms with Gasteiger partial charge in [0.15, 0.2) is 6.29 Å². The van der Waals surface area contributed by atoms with E-state index in [-0.39, 0.29) is 12.0 Å². The SMILES string of the molecule is [B]OC1C(OP(=O)(CCCC)OCCCC)OC(CC)C1C. The molecule has 1 fully saturated rings. The minimum Gasteiger partial charge on any atom is -0.440 e. The maximum absolute atomic E-state index is 12.9. The van der Waals surface area contributed by atoms with Crippen molar-refractivity contribution in [3.8, 4) is 0 Å². The summed E-state index contributed by atoms with van der Waals surface area (Å²) in [7, 11) is 2.19. The molecule has 2 radical (unpaired) electrons. The molecule has 0 saturated carbocycles. The Morgan fingerprint density at radius 2 is 1.86 bits per heavy atom. The first kappa shape index (κ1) is 20.2. The predicted molar refractivity (Wildman–Crippen MR) is 88.1 cm³/mol. The lowest BCUT2D eigenvalue weighted by atomic mass is 9.99. The average molecular weight is 332 g/mol. The van der Waals surface area contributed by atoms with Crippen LogP contribution >= 0.6 is 7.60 Å². The number of ether oxygens (including phenoxy) is 1. The van der Waals surface area contributed by atoms with Gasteiger partial charge in [0.25, 0.3) is 8.05 Å². The Labute approximate surface area is 136 Å². The van der Waals surface area contributed by atoms with Gasteiger partial charge in [-0.2, -0.15) is 0 Å². The summed E-state index contributed by atoms with van der Waals surface area (Å²) in [5.74, 6) is 0.0928. The molecule has 7 heteroatoms. The van der Waals surface area contributed by atoms with Gasteiger partial charge in [-0.25, -0.2) is 0 Å². The van der Waals surface area contributed by atoms with E-state index in [9.17, 15) is 4.57 Å². The fourth-order valence-electron chi connectivity index (χ4n) is 2.58. The van der Waals surface area contributed by atoms with E-state index < -0.39 is 20.0 Å². The highest BCUT2D eigenvalue weighted by atomic mass is 31.2. The molecule has 0 spiro atoms. The second-order valence-electron chi connectivity index (χ2n) is 5.89. The van der Waals surface area contributed by atoms with E-state index in [2.05, 4.69) is 6.92 Å². The second-order valence-corrected chi connectivity index (χ2v) is 8.03. The monoisotopic (exact) mass is 332 g/mol. The highest BCUT2D eigenvalue weighted by molar-refractivity contribution is 7.53. The summed E-state index contributed by atoms with van der Waals surface area (Å²) in [6.45, 7) is 8.58. The smallest absolute Gasteiger partial charge is 0.333 e. The van der Waals surface area contributed by atoms with Crippen LogP contribution < -0.4 is 0 Å². The van der Waals surface area contributed by atoms with Gasteiger partial charge >= 0.3 is 7.60 Å². The Hall–Kier alpha value is 0.135. The van der Waals surface area contributed by atoms with Crippen LogP contribution in [0.4, 0.5) is 0 Å². The summed E-state index contributed by atoms with van der Waals surface area (Å²) < 4.78 is 35.1. The minimum atomic E-state index is -3.19. The number of hydrogen-bond donors (Lipinski definition) is 0. The average Bonchev–Trinajstić information content (AvgIpc) is 2.80. The maximum atomic E-state index is 12.9. The molecule has 1 rings (SSSR count). The molecule has 1 aliphatic rings. The van der Waals surface area contributed by atoms with Crippen LogP contribution in [-0.4, -0.2) is 39.3 Å². The molecule has 0 aromatic carbocycles. The molecule has 1 aliphatic heterocycles. The van der Waals surface area contributed by atoms with Crippen LogP contribution in [-0.2, 0) is 23.0 Å². The molecule has 0 aliphatic carbocycles. The van der Waals surface area contributed by atoms with E-state index in [0.29, 0.717) is 12.8 Å². The maximum Gasteiger partial charge on any atom is 0.333 e. The number of rotatable bonds is 11. The van der Waals surface area contributed by atoms with Gasteiger partial charge in [0.05, 0.1) is 25.0 Å². The first-order valence-corrected chi connectivity index (χ1v) is 10.2. The molecular weight excluding hydrogens is 302 g/mol. The van der Waals surface area contributed by atoms with Crippen LogP contribution in [0.25, 0.3) is 0 Å². The fraction of sp³-hybridized carbons (Fsp3) is 1.00. The van der Waals surface area contributed by atoms with Gasteiger partial charge in [-0.3, -0.25) is 9.09 Å². The van der Waals surface area contributed by atoms with Crippen molar-refractivity contribution in [2.24, 2.45) is 5.92 Å². The molecule has 5 atom stereocenters. The Kier molecular flexibility index (Phi) is 9.26. The van der Waals surface area contributed by atoms with E-state index in [1.807, 2.05) is 20.8 Å². The minimum absolute atomic E-state index is 0.00573. The summed E-state index contributed by atoms with van der Waals surface area (Å²) in [5, 5.41) is 0. The zero-order chi connectivity index (χ0) is 16.6. The molecule has 5 nitrogen and oxygen atoms in total. The topological polar surface area (TPSA) is 54.0 Å². The standard InChI is InChI=1S/C15H30BO5P/c1-5-8-10-18-22(17,11-9-6-2)21-15-14(20-16)12(4)13(7-3)19-15/h12-15H,5-11H2,1-4H3. The summed E-state index contributed by atoms with van der Waals surface area (Å²) in [4.78, 5) is 0. The summed E-state index contributed by atoms with van der Waals surface area (Å²) in [6, 6.07) is 0. The van der Waals surface area contributed by atoms with Crippen molar-refractivity contribution in [2.75, 3.05) is 12.8 Å². The van der Waals surface area contributed by atoms with Crippen molar-refractivity contribution in [3.63, 3.8) is 0 Å². The summed E-state index contributed by atoms with van der Waals surface area (Å²) in [5.41, 5.74) is 0. The molecular formula is C15H30BO5P. The lowest BCUT2D eigenvalue weighted by molar-refractivity contribution is -0.109. The molecule has 22 heavy (non-hydrogen) atoms. The Morgan fingerprint density at radius 1 is 1.18 bits per heavy atom. The number of hydrogen-bond acceptors (Lipinski definition) is 5. The molecule has 0 bridgehead atoms. The highest BCUT2D eigenvalue weighted by Crippen LogP contribution is 2.52. The van der Waals surface area contributed by atoms with Crippen LogP contribution in [0.2, 0.25) is 0 Å². The van der Waals surface area contributed by atoms with Gasteiger partial charge in [-0.1, -0.05) is 40.5 Å². The molecule has 5 unspecified atom stereocenters. The van der Waals surface area contributed by atoms with Gasteiger partial charge < -0.3 is 13.9 Å². The lowest BCUT2D eigenvalue weighted by Gasteiger charge is -2.25. The second kappa shape index (κ2) is 10.1. The molecule has 1 saturated heterocycles. The summed E-state index contributed by atoms with van der Waals surface area (Å²) in [6.07, 6.45) is 3.63. The number of unbranched alkanes of at least 4 members (excludes halogenated alkanes) is 2. The normalized spacial score (nSPS) is 31.3. The van der Waals surface area contributed by atoms with Crippen molar-refractivity contribution >= 4 is 15.6 Å². The largest absolute Gasteiger partial charge is 0.440 e. The van der Waals surface area contributed by atoms with Crippen molar-refractivity contribution in [3.05, 3.63) is 0 Å². The van der Waals surface area contributed by atoms with Crippen molar-refractivity contribution in [2.45, 2.75) is 78.3 Å². The van der Waals surface area contributed by atoms with Crippen molar-refractivity contribution in [1.82, 2.24) is 0 Å². The van der Waals surface area contributed by atoms with E-state index in [4.69, 9.17) is 26.5 Å². The first-order valence-electron chi connectivity index (χ1n) is 8.44. The van der Waals surface area contributed by atoms with Crippen molar-refractivity contribution < 1.29 is 23.0 Å². The van der Waals surface area contributed by atoms with Crippen LogP contribution in [0.3, 0.4) is 0 Å². The van der Waals surface area contributed by atoms with E-state index in [1.54, 1.807) is 0 Å². The Bertz CT molecular complexity index is 355. The fourth-order valence-corrected chi connectivity index (χ4v) is 4.47. The third-order valence-corrected chi connectivity index (χ3v) is 6.05. The third kappa shape index (κ3) is 5.65. The summed E-state index contributed by atoms with van der Waals surface area (Å²) >= 11 is 0. The van der Waals surface area contributed by atoms with Gasteiger partial charge in [0.1, 0.15) is 0 Å².